The highest BCUT2D eigenvalue weighted by Crippen LogP contribution is 2.41. The van der Waals surface area contributed by atoms with E-state index >= 15 is 0 Å². The molecule has 1 aliphatic carbocycles. The standard InChI is InChI=1S/C33H34N4O5/c38-31(35-15-17-42-18-16-35)22-37-27(10-13-32(39)40)20-28(23-5-2-1-3-6-23)33(37)25-9-12-29-24(19-25)8-11-30(34-29)26-7-4-14-36(41)21-26/h4,7-14,19-20,23H,1-3,5-6,15-18,21-22H2/p+1/b13-10+. The van der Waals surface area contributed by atoms with Crippen LogP contribution in [0.3, 0.4) is 0 Å². The van der Waals surface area contributed by atoms with Gasteiger partial charge in [0.15, 0.2) is 0 Å². The molecule has 42 heavy (non-hydrogen) atoms. The zero-order chi connectivity index (χ0) is 29.1. The van der Waals surface area contributed by atoms with Crippen molar-refractivity contribution in [3.63, 3.8) is 0 Å². The number of amides is 1. The van der Waals surface area contributed by atoms with Crippen LogP contribution in [0.2, 0.25) is 0 Å². The lowest BCUT2D eigenvalue weighted by Gasteiger charge is -2.28. The Hall–Kier alpha value is -4.37. The van der Waals surface area contributed by atoms with Crippen LogP contribution in [0.5, 0.6) is 0 Å². The first-order chi connectivity index (χ1) is 20.5. The lowest BCUT2D eigenvalue weighted by molar-refractivity contribution is -0.466. The van der Waals surface area contributed by atoms with Gasteiger partial charge in [0.25, 0.3) is 0 Å². The van der Waals surface area contributed by atoms with Gasteiger partial charge in [-0.1, -0.05) is 31.4 Å². The number of carboxylic acid groups (broad SMARTS) is 1. The number of aromatic nitrogens is 2. The summed E-state index contributed by atoms with van der Waals surface area (Å²) in [5, 5.41) is 10.4. The second kappa shape index (κ2) is 12.2. The molecule has 216 valence electrons. The second-order valence-electron chi connectivity index (χ2n) is 11.2. The van der Waals surface area contributed by atoms with Crippen LogP contribution in [0.4, 0.5) is 0 Å². The van der Waals surface area contributed by atoms with E-state index < -0.39 is 5.97 Å². The molecule has 0 unspecified atom stereocenters. The van der Waals surface area contributed by atoms with Gasteiger partial charge in [0, 0.05) is 51.6 Å². The second-order valence-corrected chi connectivity index (χ2v) is 11.2. The third-order valence-electron chi connectivity index (χ3n) is 8.42. The largest absolute Gasteiger partial charge is 0.478 e. The van der Waals surface area contributed by atoms with Crippen LogP contribution >= 0.6 is 0 Å². The van der Waals surface area contributed by atoms with E-state index in [2.05, 4.69) is 12.1 Å². The van der Waals surface area contributed by atoms with Crippen molar-refractivity contribution in [3.05, 3.63) is 82.7 Å². The molecule has 9 heteroatoms. The summed E-state index contributed by atoms with van der Waals surface area (Å²) in [7, 11) is 0. The smallest absolute Gasteiger partial charge is 0.328 e. The molecule has 0 radical (unpaired) electrons. The van der Waals surface area contributed by atoms with Crippen LogP contribution in [-0.2, 0) is 20.9 Å². The number of carbonyl (C=O) groups excluding carboxylic acids is 1. The third kappa shape index (κ3) is 5.97. The van der Waals surface area contributed by atoms with Crippen molar-refractivity contribution in [2.24, 2.45) is 0 Å². The lowest BCUT2D eigenvalue weighted by atomic mass is 9.83. The van der Waals surface area contributed by atoms with E-state index in [1.54, 1.807) is 12.2 Å². The quantitative estimate of drug-likeness (QED) is 0.303. The Kier molecular flexibility index (Phi) is 8.10. The van der Waals surface area contributed by atoms with Crippen LogP contribution < -0.4 is 0 Å². The van der Waals surface area contributed by atoms with E-state index in [9.17, 15) is 19.6 Å². The highest BCUT2D eigenvalue weighted by Gasteiger charge is 2.27. The van der Waals surface area contributed by atoms with Gasteiger partial charge in [-0.25, -0.2) is 9.78 Å². The van der Waals surface area contributed by atoms with Crippen molar-refractivity contribution in [3.8, 4) is 11.3 Å². The van der Waals surface area contributed by atoms with Gasteiger partial charge in [-0.3, -0.25) is 4.79 Å². The van der Waals surface area contributed by atoms with Gasteiger partial charge in [0.2, 0.25) is 18.7 Å². The summed E-state index contributed by atoms with van der Waals surface area (Å²) < 4.78 is 8.33. The number of nitrogens with zero attached hydrogens (tertiary/aromatic N) is 4. The molecule has 0 spiro atoms. The topological polar surface area (TPSA) is 105 Å². The zero-order valence-electron chi connectivity index (χ0n) is 23.6. The number of hydrogen-bond donors (Lipinski definition) is 1. The number of aliphatic carboxylic acids is 1. The maximum absolute atomic E-state index is 13.5. The Morgan fingerprint density at radius 1 is 1.07 bits per heavy atom. The first-order valence-electron chi connectivity index (χ1n) is 14.7. The molecule has 0 atom stereocenters. The maximum Gasteiger partial charge on any atom is 0.328 e. The number of hydrogen-bond acceptors (Lipinski definition) is 5. The molecule has 1 saturated carbocycles. The summed E-state index contributed by atoms with van der Waals surface area (Å²) in [5.74, 6) is -0.702. The van der Waals surface area contributed by atoms with Crippen molar-refractivity contribution in [1.82, 2.24) is 14.5 Å². The normalized spacial score (nSPS) is 18.1. The molecule has 1 N–H and O–H groups in total. The van der Waals surface area contributed by atoms with Gasteiger partial charge in [-0.05, 0) is 66.3 Å². The van der Waals surface area contributed by atoms with Crippen molar-refractivity contribution in [2.75, 3.05) is 32.8 Å². The molecule has 2 aliphatic heterocycles. The Labute approximate surface area is 244 Å². The minimum Gasteiger partial charge on any atom is -0.478 e. The van der Waals surface area contributed by atoms with Gasteiger partial charge in [0.05, 0.1) is 30.1 Å². The SMILES string of the molecule is O=C(O)/C=C/c1cc(C2CCCCC2)c(-c2ccc3nc(C4=CC=C[N+](=O)C4)ccc3c2)n1CC(=O)N1CCOCC1. The predicted octanol–water partition coefficient (Wildman–Crippen LogP) is 5.40. The molecule has 2 aromatic heterocycles. The Bertz CT molecular complexity index is 1620. The molecule has 6 rings (SSSR count). The molecule has 1 amide bonds. The molecule has 1 aromatic carbocycles. The number of rotatable bonds is 7. The predicted molar refractivity (Wildman–Crippen MR) is 161 cm³/mol. The van der Waals surface area contributed by atoms with E-state index in [1.165, 1.54) is 12.6 Å². The Morgan fingerprint density at radius 2 is 1.88 bits per heavy atom. The molecule has 3 aromatic rings. The first-order valence-corrected chi connectivity index (χ1v) is 14.7. The minimum absolute atomic E-state index is 0.00959. The van der Waals surface area contributed by atoms with Crippen molar-refractivity contribution in [1.29, 1.82) is 0 Å². The van der Waals surface area contributed by atoms with E-state index in [-0.39, 0.29) is 19.0 Å². The number of nitroso groups, excluding NO2 is 1. The van der Waals surface area contributed by atoms with E-state index in [0.29, 0.717) is 37.9 Å². The van der Waals surface area contributed by atoms with Gasteiger partial charge in [0.1, 0.15) is 6.54 Å². The molecule has 9 nitrogen and oxygen atoms in total. The van der Waals surface area contributed by atoms with Crippen LogP contribution in [0.25, 0.3) is 33.8 Å². The van der Waals surface area contributed by atoms with E-state index in [0.717, 1.165) is 75.5 Å². The molecule has 1 saturated heterocycles. The summed E-state index contributed by atoms with van der Waals surface area (Å²) in [6, 6.07) is 12.2. The Morgan fingerprint density at radius 3 is 2.64 bits per heavy atom. The van der Waals surface area contributed by atoms with Gasteiger partial charge < -0.3 is 19.3 Å². The van der Waals surface area contributed by atoms with Crippen LogP contribution in [-0.4, -0.2) is 69.0 Å². The number of allylic oxidation sites excluding steroid dienone is 2. The highest BCUT2D eigenvalue weighted by molar-refractivity contribution is 5.89. The average molecular weight is 568 g/mol. The summed E-state index contributed by atoms with van der Waals surface area (Å²) in [6.07, 6.45) is 13.5. The number of pyridine rings is 1. The van der Waals surface area contributed by atoms with Gasteiger partial charge >= 0.3 is 5.97 Å². The van der Waals surface area contributed by atoms with Crippen LogP contribution in [0, 0.1) is 4.91 Å². The fraction of sp³-hybridized carbons (Fsp3) is 0.364. The maximum atomic E-state index is 13.5. The molecule has 3 aliphatic rings. The number of carboxylic acids is 1. The summed E-state index contributed by atoms with van der Waals surface area (Å²) in [4.78, 5) is 43.5. The van der Waals surface area contributed by atoms with Crippen molar-refractivity contribution < 1.29 is 24.2 Å². The summed E-state index contributed by atoms with van der Waals surface area (Å²) in [6.45, 7) is 2.50. The molecular formula is C33H35N4O5+. The summed E-state index contributed by atoms with van der Waals surface area (Å²) >= 11 is 0. The van der Waals surface area contributed by atoms with E-state index in [1.807, 2.05) is 39.8 Å². The Balaban J connectivity index is 1.45. The number of morpholine rings is 1. The fourth-order valence-corrected chi connectivity index (χ4v) is 6.30. The molecule has 2 fully saturated rings. The van der Waals surface area contributed by atoms with Crippen LogP contribution in [0.15, 0.2) is 60.8 Å². The monoisotopic (exact) mass is 567 g/mol. The van der Waals surface area contributed by atoms with Crippen molar-refractivity contribution >= 4 is 34.4 Å². The molecule has 4 heterocycles. The van der Waals surface area contributed by atoms with Gasteiger partial charge in [-0.15, -0.1) is 0 Å². The van der Waals surface area contributed by atoms with Crippen molar-refractivity contribution in [2.45, 2.75) is 44.6 Å². The van der Waals surface area contributed by atoms with Crippen LogP contribution in [0.1, 0.15) is 55.0 Å². The number of benzene rings is 1. The number of carbonyl (C=O) groups is 2. The highest BCUT2D eigenvalue weighted by atomic mass is 16.5. The average Bonchev–Trinajstić information content (AvgIpc) is 3.38. The number of ether oxygens (including phenoxy) is 1. The molecule has 0 bridgehead atoms. The third-order valence-corrected chi connectivity index (χ3v) is 8.42. The minimum atomic E-state index is -1.03. The first kappa shape index (κ1) is 27.8. The lowest BCUT2D eigenvalue weighted by Crippen LogP contribution is -2.42. The summed E-state index contributed by atoms with van der Waals surface area (Å²) in [5.41, 5.74) is 6.24. The van der Waals surface area contributed by atoms with Gasteiger partial charge in [-0.2, -0.15) is 0 Å². The number of fused-ring (bicyclic) bond motifs is 1. The van der Waals surface area contributed by atoms with E-state index in [4.69, 9.17) is 9.72 Å². The molecular weight excluding hydrogens is 532 g/mol. The zero-order valence-corrected chi connectivity index (χ0v) is 23.6. The fourth-order valence-electron chi connectivity index (χ4n) is 6.30.